The molecule has 2 aliphatic rings. The topological polar surface area (TPSA) is 82.3 Å². The van der Waals surface area contributed by atoms with E-state index in [9.17, 15) is 4.79 Å². The fourth-order valence-corrected chi connectivity index (χ4v) is 4.37. The summed E-state index contributed by atoms with van der Waals surface area (Å²) in [6.45, 7) is 8.61. The van der Waals surface area contributed by atoms with Crippen molar-refractivity contribution in [2.24, 2.45) is 11.8 Å². The van der Waals surface area contributed by atoms with Gasteiger partial charge in [0.25, 0.3) is 5.91 Å². The van der Waals surface area contributed by atoms with Crippen LogP contribution in [0.4, 0.5) is 5.95 Å². The van der Waals surface area contributed by atoms with E-state index in [1.807, 2.05) is 17.0 Å². The molecular weight excluding hydrogens is 378 g/mol. The van der Waals surface area contributed by atoms with Crippen LogP contribution in [0.2, 0.25) is 0 Å². The Morgan fingerprint density at radius 3 is 2.43 bits per heavy atom. The standard InChI is InChI=1S/C23H27N5O2/c1-16-11-17(2)15-28(14-16)22(29)20-13-25-23(27-7-9-30-10-8-27)26-21(20)19-5-3-18(12-24)4-6-19/h3-6,13,16-17H,7-11,14-15H2,1-2H3. The fraction of sp³-hybridized carbons (Fsp3) is 0.478. The fourth-order valence-electron chi connectivity index (χ4n) is 4.37. The number of aromatic nitrogens is 2. The Morgan fingerprint density at radius 2 is 1.80 bits per heavy atom. The average Bonchev–Trinajstić information content (AvgIpc) is 2.78. The minimum absolute atomic E-state index is 0.0266. The van der Waals surface area contributed by atoms with E-state index in [1.165, 1.54) is 0 Å². The summed E-state index contributed by atoms with van der Waals surface area (Å²) in [6, 6.07) is 9.35. The monoisotopic (exact) mass is 405 g/mol. The lowest BCUT2D eigenvalue weighted by Gasteiger charge is -2.35. The highest BCUT2D eigenvalue weighted by atomic mass is 16.5. The zero-order valence-corrected chi connectivity index (χ0v) is 17.5. The number of piperidine rings is 1. The Kier molecular flexibility index (Phi) is 5.96. The Bertz CT molecular complexity index is 937. The summed E-state index contributed by atoms with van der Waals surface area (Å²) in [5.41, 5.74) is 2.52. The number of benzene rings is 1. The quantitative estimate of drug-likeness (QED) is 0.781. The van der Waals surface area contributed by atoms with Crippen LogP contribution >= 0.6 is 0 Å². The average molecular weight is 406 g/mol. The molecule has 0 bridgehead atoms. The first-order valence-electron chi connectivity index (χ1n) is 10.5. The Balaban J connectivity index is 1.72. The maximum atomic E-state index is 13.5. The van der Waals surface area contributed by atoms with Gasteiger partial charge in [-0.2, -0.15) is 5.26 Å². The SMILES string of the molecule is CC1CC(C)CN(C(=O)c2cnc(N3CCOCC3)nc2-c2ccc(C#N)cc2)C1. The number of hydrogen-bond acceptors (Lipinski definition) is 6. The molecule has 2 unspecified atom stereocenters. The number of rotatable bonds is 3. The second-order valence-corrected chi connectivity index (χ2v) is 8.38. The van der Waals surface area contributed by atoms with Gasteiger partial charge in [0.1, 0.15) is 0 Å². The second-order valence-electron chi connectivity index (χ2n) is 8.38. The smallest absolute Gasteiger partial charge is 0.257 e. The number of likely N-dealkylation sites (tertiary alicyclic amines) is 1. The first-order chi connectivity index (χ1) is 14.5. The number of hydrogen-bond donors (Lipinski definition) is 0. The molecule has 2 aliphatic heterocycles. The van der Waals surface area contributed by atoms with Crippen molar-refractivity contribution in [1.29, 1.82) is 5.26 Å². The van der Waals surface area contributed by atoms with Crippen molar-refractivity contribution < 1.29 is 9.53 Å². The first-order valence-corrected chi connectivity index (χ1v) is 10.5. The Morgan fingerprint density at radius 1 is 1.13 bits per heavy atom. The van der Waals surface area contributed by atoms with Crippen LogP contribution in [0.25, 0.3) is 11.3 Å². The van der Waals surface area contributed by atoms with Crippen molar-refractivity contribution in [3.63, 3.8) is 0 Å². The van der Waals surface area contributed by atoms with Gasteiger partial charge in [0.2, 0.25) is 5.95 Å². The highest BCUT2D eigenvalue weighted by Crippen LogP contribution is 2.28. The van der Waals surface area contributed by atoms with Crippen LogP contribution in [-0.2, 0) is 4.74 Å². The third kappa shape index (κ3) is 4.29. The molecule has 2 atom stereocenters. The summed E-state index contributed by atoms with van der Waals surface area (Å²) in [6.07, 6.45) is 2.80. The summed E-state index contributed by atoms with van der Waals surface area (Å²) in [4.78, 5) is 26.8. The van der Waals surface area contributed by atoms with Crippen molar-refractivity contribution >= 4 is 11.9 Å². The minimum atomic E-state index is -0.0266. The van der Waals surface area contributed by atoms with Crippen LogP contribution in [-0.4, -0.2) is 60.2 Å². The van der Waals surface area contributed by atoms with E-state index in [-0.39, 0.29) is 5.91 Å². The molecule has 0 radical (unpaired) electrons. The third-order valence-electron chi connectivity index (χ3n) is 5.74. The molecule has 4 rings (SSSR count). The predicted octanol–water partition coefficient (Wildman–Crippen LogP) is 2.97. The van der Waals surface area contributed by atoms with E-state index >= 15 is 0 Å². The molecule has 7 nitrogen and oxygen atoms in total. The molecule has 30 heavy (non-hydrogen) atoms. The number of morpholine rings is 1. The van der Waals surface area contributed by atoms with Gasteiger partial charge >= 0.3 is 0 Å². The van der Waals surface area contributed by atoms with Crippen molar-refractivity contribution in [3.05, 3.63) is 41.6 Å². The van der Waals surface area contributed by atoms with E-state index in [1.54, 1.807) is 18.3 Å². The van der Waals surface area contributed by atoms with E-state index in [0.29, 0.717) is 47.8 Å². The number of carbonyl (C=O) groups is 1. The molecule has 1 aromatic heterocycles. The number of ether oxygens (including phenoxy) is 1. The van der Waals surface area contributed by atoms with Gasteiger partial charge in [-0.1, -0.05) is 26.0 Å². The molecule has 156 valence electrons. The number of nitrogens with zero attached hydrogens (tertiary/aromatic N) is 5. The van der Waals surface area contributed by atoms with Crippen molar-refractivity contribution in [1.82, 2.24) is 14.9 Å². The van der Waals surface area contributed by atoms with E-state index in [4.69, 9.17) is 15.0 Å². The van der Waals surface area contributed by atoms with Crippen molar-refractivity contribution in [2.75, 3.05) is 44.3 Å². The lowest BCUT2D eigenvalue weighted by molar-refractivity contribution is 0.0623. The van der Waals surface area contributed by atoms with Gasteiger partial charge < -0.3 is 14.5 Å². The summed E-state index contributed by atoms with van der Waals surface area (Å²) < 4.78 is 5.43. The molecule has 2 saturated heterocycles. The summed E-state index contributed by atoms with van der Waals surface area (Å²) >= 11 is 0. The number of amides is 1. The molecule has 2 fully saturated rings. The third-order valence-corrected chi connectivity index (χ3v) is 5.74. The molecule has 1 aromatic carbocycles. The van der Waals surface area contributed by atoms with Gasteiger partial charge in [0.05, 0.1) is 36.1 Å². The lowest BCUT2D eigenvalue weighted by atomic mass is 9.91. The molecule has 7 heteroatoms. The van der Waals surface area contributed by atoms with Gasteiger partial charge in [0, 0.05) is 37.9 Å². The predicted molar refractivity (Wildman–Crippen MR) is 114 cm³/mol. The van der Waals surface area contributed by atoms with Crippen LogP contribution in [0.1, 0.15) is 36.2 Å². The minimum Gasteiger partial charge on any atom is -0.378 e. The number of carbonyl (C=O) groups excluding carboxylic acids is 1. The normalized spacial score (nSPS) is 21.9. The molecular formula is C23H27N5O2. The summed E-state index contributed by atoms with van der Waals surface area (Å²) in [7, 11) is 0. The lowest BCUT2D eigenvalue weighted by Crippen LogP contribution is -2.43. The van der Waals surface area contributed by atoms with Gasteiger partial charge in [-0.25, -0.2) is 9.97 Å². The molecule has 3 heterocycles. The van der Waals surface area contributed by atoms with Gasteiger partial charge in [0.15, 0.2) is 0 Å². The van der Waals surface area contributed by atoms with Crippen molar-refractivity contribution in [3.8, 4) is 17.3 Å². The maximum absolute atomic E-state index is 13.5. The molecule has 0 aliphatic carbocycles. The molecule has 1 amide bonds. The van der Waals surface area contributed by atoms with E-state index in [2.05, 4.69) is 29.8 Å². The van der Waals surface area contributed by atoms with Crippen molar-refractivity contribution in [2.45, 2.75) is 20.3 Å². The summed E-state index contributed by atoms with van der Waals surface area (Å²) in [5.74, 6) is 1.53. The van der Waals surface area contributed by atoms with Gasteiger partial charge in [-0.15, -0.1) is 0 Å². The van der Waals surface area contributed by atoms with Crippen LogP contribution < -0.4 is 4.90 Å². The molecule has 0 saturated carbocycles. The zero-order chi connectivity index (χ0) is 21.1. The largest absolute Gasteiger partial charge is 0.378 e. The molecule has 2 aromatic rings. The number of nitriles is 1. The molecule has 0 spiro atoms. The van der Waals surface area contributed by atoms with Crippen LogP contribution in [0, 0.1) is 23.2 Å². The Labute approximate surface area is 177 Å². The number of anilines is 1. The van der Waals surface area contributed by atoms with E-state index < -0.39 is 0 Å². The second kappa shape index (κ2) is 8.80. The van der Waals surface area contributed by atoms with Gasteiger partial charge in [-0.05, 0) is 30.4 Å². The van der Waals surface area contributed by atoms with Crippen LogP contribution in [0.5, 0.6) is 0 Å². The Hall–Kier alpha value is -2.98. The van der Waals surface area contributed by atoms with Crippen LogP contribution in [0.3, 0.4) is 0 Å². The van der Waals surface area contributed by atoms with Gasteiger partial charge in [-0.3, -0.25) is 4.79 Å². The van der Waals surface area contributed by atoms with E-state index in [0.717, 1.165) is 38.2 Å². The first kappa shape index (κ1) is 20.3. The highest BCUT2D eigenvalue weighted by Gasteiger charge is 2.29. The summed E-state index contributed by atoms with van der Waals surface area (Å²) in [5, 5.41) is 9.12. The van der Waals surface area contributed by atoms with Crippen LogP contribution in [0.15, 0.2) is 30.5 Å². The zero-order valence-electron chi connectivity index (χ0n) is 17.5. The maximum Gasteiger partial charge on any atom is 0.257 e. The molecule has 0 N–H and O–H groups in total. The highest BCUT2D eigenvalue weighted by molar-refractivity contribution is 6.00.